The Morgan fingerprint density at radius 3 is 2.90 bits per heavy atom. The lowest BCUT2D eigenvalue weighted by atomic mass is 10.1. The predicted molar refractivity (Wildman–Crippen MR) is 109 cm³/mol. The molecule has 2 aromatic heterocycles. The van der Waals surface area contributed by atoms with Crippen LogP contribution in [-0.2, 0) is 16.1 Å². The van der Waals surface area contributed by atoms with Gasteiger partial charge in [0, 0.05) is 11.2 Å². The van der Waals surface area contributed by atoms with Crippen LogP contribution in [0.5, 0.6) is 0 Å². The van der Waals surface area contributed by atoms with Crippen LogP contribution in [0, 0.1) is 0 Å². The van der Waals surface area contributed by atoms with Gasteiger partial charge in [0.2, 0.25) is 11.8 Å². The number of nitrogens with zero attached hydrogens (tertiary/aromatic N) is 3. The zero-order valence-corrected chi connectivity index (χ0v) is 16.1. The van der Waals surface area contributed by atoms with E-state index in [1.807, 2.05) is 6.07 Å². The standard InChI is InChI=1S/C21H17ClN4O3/c22-15-5-1-4-14(10-15)18-11-20(28)26(21-17(25-18)7-2-8-23-21)13-19(27)24-12-16-6-3-9-29-16/h1-10H,11-13H2,(H,24,27). The molecule has 0 atom stereocenters. The molecule has 0 fully saturated rings. The molecule has 0 saturated heterocycles. The van der Waals surface area contributed by atoms with Crippen LogP contribution in [0.25, 0.3) is 0 Å². The highest BCUT2D eigenvalue weighted by Gasteiger charge is 2.27. The van der Waals surface area contributed by atoms with E-state index < -0.39 is 0 Å². The van der Waals surface area contributed by atoms with Crippen molar-refractivity contribution >= 4 is 40.6 Å². The quantitative estimate of drug-likeness (QED) is 0.699. The number of fused-ring (bicyclic) bond motifs is 1. The maximum Gasteiger partial charge on any atom is 0.240 e. The zero-order valence-electron chi connectivity index (χ0n) is 15.3. The molecule has 2 amide bonds. The van der Waals surface area contributed by atoms with Gasteiger partial charge in [-0.25, -0.2) is 9.98 Å². The molecule has 0 unspecified atom stereocenters. The van der Waals surface area contributed by atoms with Gasteiger partial charge in [0.1, 0.15) is 18.0 Å². The number of furan rings is 1. The van der Waals surface area contributed by atoms with Crippen molar-refractivity contribution in [1.82, 2.24) is 10.3 Å². The van der Waals surface area contributed by atoms with Gasteiger partial charge in [-0.1, -0.05) is 23.7 Å². The maximum absolute atomic E-state index is 13.0. The third-order valence-electron chi connectivity index (χ3n) is 4.40. The highest BCUT2D eigenvalue weighted by atomic mass is 35.5. The molecule has 3 heterocycles. The summed E-state index contributed by atoms with van der Waals surface area (Å²) in [6.45, 7) is 0.0785. The minimum absolute atomic E-state index is 0.0299. The van der Waals surface area contributed by atoms with Gasteiger partial charge in [-0.2, -0.15) is 0 Å². The fourth-order valence-electron chi connectivity index (χ4n) is 3.02. The molecule has 4 rings (SSSR count). The largest absolute Gasteiger partial charge is 0.467 e. The van der Waals surface area contributed by atoms with Crippen LogP contribution in [0.1, 0.15) is 17.7 Å². The minimum Gasteiger partial charge on any atom is -0.467 e. The third-order valence-corrected chi connectivity index (χ3v) is 4.63. The van der Waals surface area contributed by atoms with E-state index >= 15 is 0 Å². The number of carbonyl (C=O) groups excluding carboxylic acids is 2. The normalized spacial score (nSPS) is 13.5. The van der Waals surface area contributed by atoms with Crippen LogP contribution in [0.15, 0.2) is 70.4 Å². The number of hydrogen-bond acceptors (Lipinski definition) is 5. The minimum atomic E-state index is -0.322. The molecule has 0 spiro atoms. The van der Waals surface area contributed by atoms with E-state index in [1.165, 1.54) is 11.2 Å². The van der Waals surface area contributed by atoms with Crippen molar-refractivity contribution in [2.75, 3.05) is 11.4 Å². The van der Waals surface area contributed by atoms with Crippen LogP contribution in [-0.4, -0.2) is 29.1 Å². The highest BCUT2D eigenvalue weighted by Crippen LogP contribution is 2.31. The number of pyridine rings is 1. The third kappa shape index (κ3) is 4.35. The summed E-state index contributed by atoms with van der Waals surface area (Å²) in [5, 5.41) is 3.30. The molecule has 0 aliphatic carbocycles. The molecule has 0 saturated carbocycles. The van der Waals surface area contributed by atoms with Crippen LogP contribution in [0.4, 0.5) is 11.5 Å². The lowest BCUT2D eigenvalue weighted by Gasteiger charge is -2.20. The lowest BCUT2D eigenvalue weighted by molar-refractivity contribution is -0.123. The Bertz CT molecular complexity index is 1080. The molecule has 146 valence electrons. The molecule has 1 aromatic carbocycles. The van der Waals surface area contributed by atoms with Gasteiger partial charge in [0.15, 0.2) is 5.82 Å². The summed E-state index contributed by atoms with van der Waals surface area (Å²) in [4.78, 5) is 35.7. The Labute approximate surface area is 172 Å². The average molecular weight is 409 g/mol. The van der Waals surface area contributed by atoms with Gasteiger partial charge in [-0.05, 0) is 42.0 Å². The Morgan fingerprint density at radius 2 is 2.10 bits per heavy atom. The number of rotatable bonds is 5. The Kier molecular flexibility index (Phi) is 5.39. The first-order valence-electron chi connectivity index (χ1n) is 8.98. The van der Waals surface area contributed by atoms with Gasteiger partial charge in [0.05, 0.1) is 24.9 Å². The van der Waals surface area contributed by atoms with Crippen molar-refractivity contribution in [1.29, 1.82) is 0 Å². The van der Waals surface area contributed by atoms with E-state index in [0.29, 0.717) is 28.0 Å². The molecule has 7 nitrogen and oxygen atoms in total. The first kappa shape index (κ1) is 18.9. The van der Waals surface area contributed by atoms with Crippen LogP contribution < -0.4 is 10.2 Å². The second-order valence-electron chi connectivity index (χ2n) is 6.43. The molecular formula is C21H17ClN4O3. The number of aromatic nitrogens is 1. The highest BCUT2D eigenvalue weighted by molar-refractivity contribution is 6.31. The van der Waals surface area contributed by atoms with Crippen molar-refractivity contribution in [2.24, 2.45) is 4.99 Å². The number of benzene rings is 1. The number of hydrogen-bond donors (Lipinski definition) is 1. The average Bonchev–Trinajstić information content (AvgIpc) is 3.19. The van der Waals surface area contributed by atoms with Crippen LogP contribution in [0.2, 0.25) is 5.02 Å². The van der Waals surface area contributed by atoms with Gasteiger partial charge < -0.3 is 9.73 Å². The van der Waals surface area contributed by atoms with E-state index in [0.717, 1.165) is 5.56 Å². The van der Waals surface area contributed by atoms with Crippen molar-refractivity contribution < 1.29 is 14.0 Å². The molecule has 1 aliphatic rings. The van der Waals surface area contributed by atoms with Gasteiger partial charge >= 0.3 is 0 Å². The van der Waals surface area contributed by atoms with E-state index in [-0.39, 0.29) is 31.3 Å². The monoisotopic (exact) mass is 408 g/mol. The predicted octanol–water partition coefficient (Wildman–Crippen LogP) is 3.50. The van der Waals surface area contributed by atoms with Gasteiger partial charge in [-0.15, -0.1) is 0 Å². The second kappa shape index (κ2) is 8.28. The maximum atomic E-state index is 13.0. The van der Waals surface area contributed by atoms with Crippen molar-refractivity contribution in [3.63, 3.8) is 0 Å². The number of anilines is 1. The molecular weight excluding hydrogens is 392 g/mol. The molecule has 29 heavy (non-hydrogen) atoms. The number of amides is 2. The second-order valence-corrected chi connectivity index (χ2v) is 6.86. The fraction of sp³-hybridized carbons (Fsp3) is 0.143. The molecule has 0 bridgehead atoms. The summed E-state index contributed by atoms with van der Waals surface area (Å²) in [6, 6.07) is 14.2. The summed E-state index contributed by atoms with van der Waals surface area (Å²) < 4.78 is 5.21. The topological polar surface area (TPSA) is 87.8 Å². The number of nitrogens with one attached hydrogen (secondary N) is 1. The first-order chi connectivity index (χ1) is 14.1. The molecule has 1 N–H and O–H groups in total. The first-order valence-corrected chi connectivity index (χ1v) is 9.36. The number of aliphatic imine (C=N–C) groups is 1. The molecule has 0 radical (unpaired) electrons. The van der Waals surface area contributed by atoms with Gasteiger partial charge in [0.25, 0.3) is 0 Å². The molecule has 8 heteroatoms. The van der Waals surface area contributed by atoms with E-state index in [1.54, 1.807) is 48.7 Å². The van der Waals surface area contributed by atoms with Crippen LogP contribution in [0.3, 0.4) is 0 Å². The van der Waals surface area contributed by atoms with Crippen LogP contribution >= 0.6 is 11.6 Å². The number of carbonyl (C=O) groups is 2. The summed E-state index contributed by atoms with van der Waals surface area (Å²) >= 11 is 6.09. The van der Waals surface area contributed by atoms with Crippen molar-refractivity contribution in [3.05, 3.63) is 77.3 Å². The Hall–Kier alpha value is -3.45. The zero-order chi connectivity index (χ0) is 20.2. The van der Waals surface area contributed by atoms with E-state index in [9.17, 15) is 9.59 Å². The Morgan fingerprint density at radius 1 is 1.21 bits per heavy atom. The smallest absolute Gasteiger partial charge is 0.240 e. The van der Waals surface area contributed by atoms with Crippen molar-refractivity contribution in [3.8, 4) is 0 Å². The lowest BCUT2D eigenvalue weighted by Crippen LogP contribution is -2.41. The van der Waals surface area contributed by atoms with E-state index in [2.05, 4.69) is 15.3 Å². The summed E-state index contributed by atoms with van der Waals surface area (Å²) in [7, 11) is 0. The molecule has 3 aromatic rings. The van der Waals surface area contributed by atoms with Gasteiger partial charge in [-0.3, -0.25) is 14.5 Å². The molecule has 1 aliphatic heterocycles. The summed E-state index contributed by atoms with van der Waals surface area (Å²) in [6.07, 6.45) is 3.14. The summed E-state index contributed by atoms with van der Waals surface area (Å²) in [5.41, 5.74) is 1.85. The number of halogens is 1. The summed E-state index contributed by atoms with van der Waals surface area (Å²) in [5.74, 6) is 0.389. The van der Waals surface area contributed by atoms with Crippen molar-refractivity contribution in [2.45, 2.75) is 13.0 Å². The van der Waals surface area contributed by atoms with E-state index in [4.69, 9.17) is 16.0 Å². The fourth-order valence-corrected chi connectivity index (χ4v) is 3.21. The SMILES string of the molecule is O=C(CN1C(=O)CC(c2cccc(Cl)c2)=Nc2cccnc21)NCc1ccco1. The Balaban J connectivity index is 1.58.